The van der Waals surface area contributed by atoms with Gasteiger partial charge in [0.1, 0.15) is 0 Å². The second kappa shape index (κ2) is 4.15. The number of benzene rings is 1. The maximum Gasteiger partial charge on any atom is 0.488 e. The highest BCUT2D eigenvalue weighted by atomic mass is 16.4. The molecule has 0 aliphatic rings. The lowest BCUT2D eigenvalue weighted by Crippen LogP contribution is -2.30. The lowest BCUT2D eigenvalue weighted by molar-refractivity contribution is 0.410. The van der Waals surface area contributed by atoms with Crippen molar-refractivity contribution >= 4 is 12.6 Å². The normalized spacial score (nSPS) is 11.5. The first-order valence-corrected chi connectivity index (χ1v) is 4.83. The van der Waals surface area contributed by atoms with Crippen molar-refractivity contribution in [3.05, 3.63) is 29.8 Å². The minimum absolute atomic E-state index is 0.221. The molecule has 76 valence electrons. The summed E-state index contributed by atoms with van der Waals surface area (Å²) in [7, 11) is -1.37. The van der Waals surface area contributed by atoms with E-state index in [1.807, 2.05) is 18.2 Å². The third-order valence-corrected chi connectivity index (χ3v) is 1.98. The standard InChI is InChI=1S/C11H17BO2/c1-11(2,3)8-9-5-4-6-10(7-9)12(13)14/h4-7,13-14H,8H2,1-3H3. The lowest BCUT2D eigenvalue weighted by Gasteiger charge is -2.18. The highest BCUT2D eigenvalue weighted by molar-refractivity contribution is 6.58. The van der Waals surface area contributed by atoms with E-state index >= 15 is 0 Å². The second-order valence-electron chi connectivity index (χ2n) is 4.86. The molecule has 1 aromatic carbocycles. The average molecular weight is 192 g/mol. The zero-order valence-electron chi connectivity index (χ0n) is 8.99. The number of hydrogen-bond acceptors (Lipinski definition) is 2. The van der Waals surface area contributed by atoms with E-state index < -0.39 is 7.12 Å². The Kier molecular flexibility index (Phi) is 3.35. The summed E-state index contributed by atoms with van der Waals surface area (Å²) in [5, 5.41) is 18.0. The molecule has 0 aliphatic heterocycles. The molecule has 0 aliphatic carbocycles. The Morgan fingerprint density at radius 2 is 1.86 bits per heavy atom. The first-order valence-electron chi connectivity index (χ1n) is 4.83. The molecule has 0 heterocycles. The summed E-state index contributed by atoms with van der Waals surface area (Å²) in [6, 6.07) is 7.43. The molecule has 0 atom stereocenters. The van der Waals surface area contributed by atoms with Gasteiger partial charge in [0, 0.05) is 0 Å². The first kappa shape index (κ1) is 11.3. The van der Waals surface area contributed by atoms with Gasteiger partial charge in [-0.05, 0) is 22.9 Å². The Hall–Kier alpha value is -0.795. The van der Waals surface area contributed by atoms with Crippen molar-refractivity contribution in [2.24, 2.45) is 5.41 Å². The molecule has 1 aromatic rings. The first-order chi connectivity index (χ1) is 6.38. The van der Waals surface area contributed by atoms with Crippen molar-refractivity contribution < 1.29 is 10.0 Å². The molecule has 0 fully saturated rings. The molecule has 0 saturated heterocycles. The Labute approximate surface area is 85.7 Å². The van der Waals surface area contributed by atoms with E-state index in [4.69, 9.17) is 10.0 Å². The van der Waals surface area contributed by atoms with Gasteiger partial charge in [0.15, 0.2) is 0 Å². The van der Waals surface area contributed by atoms with Crippen LogP contribution in [0.2, 0.25) is 0 Å². The van der Waals surface area contributed by atoms with Gasteiger partial charge in [0.2, 0.25) is 0 Å². The SMILES string of the molecule is CC(C)(C)Cc1cccc(B(O)O)c1. The fourth-order valence-electron chi connectivity index (χ4n) is 1.48. The third kappa shape index (κ3) is 3.52. The Bertz CT molecular complexity index is 302. The molecule has 0 amide bonds. The molecule has 2 N–H and O–H groups in total. The van der Waals surface area contributed by atoms with Crippen LogP contribution in [0.3, 0.4) is 0 Å². The van der Waals surface area contributed by atoms with Crippen LogP contribution < -0.4 is 5.46 Å². The van der Waals surface area contributed by atoms with E-state index in [2.05, 4.69) is 20.8 Å². The van der Waals surface area contributed by atoms with E-state index in [9.17, 15) is 0 Å². The lowest BCUT2D eigenvalue weighted by atomic mass is 9.78. The van der Waals surface area contributed by atoms with Gasteiger partial charge in [0.05, 0.1) is 0 Å². The molecule has 14 heavy (non-hydrogen) atoms. The van der Waals surface area contributed by atoms with Crippen molar-refractivity contribution in [2.75, 3.05) is 0 Å². The summed E-state index contributed by atoms with van der Waals surface area (Å²) in [6.45, 7) is 6.49. The van der Waals surface area contributed by atoms with Crippen LogP contribution in [0, 0.1) is 5.41 Å². The van der Waals surface area contributed by atoms with Gasteiger partial charge in [-0.1, -0.05) is 45.0 Å². The third-order valence-electron chi connectivity index (χ3n) is 1.98. The van der Waals surface area contributed by atoms with Gasteiger partial charge < -0.3 is 10.0 Å². The molecule has 2 nitrogen and oxygen atoms in total. The summed E-state index contributed by atoms with van der Waals surface area (Å²) in [5.41, 5.74) is 1.92. The van der Waals surface area contributed by atoms with Crippen LogP contribution in [0.1, 0.15) is 26.3 Å². The summed E-state index contributed by atoms with van der Waals surface area (Å²) < 4.78 is 0. The van der Waals surface area contributed by atoms with Crippen molar-refractivity contribution in [2.45, 2.75) is 27.2 Å². The molecule has 0 saturated carbocycles. The summed E-state index contributed by atoms with van der Waals surface area (Å²) >= 11 is 0. The predicted molar refractivity (Wildman–Crippen MR) is 59.4 cm³/mol. The van der Waals surface area contributed by atoms with Crippen molar-refractivity contribution in [3.8, 4) is 0 Å². The molecule has 0 spiro atoms. The molecule has 0 unspecified atom stereocenters. The zero-order chi connectivity index (χ0) is 10.8. The minimum atomic E-state index is -1.37. The molecule has 0 radical (unpaired) electrons. The monoisotopic (exact) mass is 192 g/mol. The number of rotatable bonds is 2. The summed E-state index contributed by atoms with van der Waals surface area (Å²) in [6.07, 6.45) is 0.938. The quantitative estimate of drug-likeness (QED) is 0.685. The number of hydrogen-bond donors (Lipinski definition) is 2. The van der Waals surface area contributed by atoms with Gasteiger partial charge in [0.25, 0.3) is 0 Å². The fourth-order valence-corrected chi connectivity index (χ4v) is 1.48. The molecule has 0 bridgehead atoms. The van der Waals surface area contributed by atoms with Crippen molar-refractivity contribution in [1.29, 1.82) is 0 Å². The summed E-state index contributed by atoms with van der Waals surface area (Å²) in [5.74, 6) is 0. The van der Waals surface area contributed by atoms with Gasteiger partial charge in [-0.2, -0.15) is 0 Å². The zero-order valence-corrected chi connectivity index (χ0v) is 8.99. The molecule has 0 aromatic heterocycles. The molecule has 3 heteroatoms. The van der Waals surface area contributed by atoms with Crippen molar-refractivity contribution in [1.82, 2.24) is 0 Å². The van der Waals surface area contributed by atoms with Crippen LogP contribution in [0.4, 0.5) is 0 Å². The Balaban J connectivity index is 2.84. The van der Waals surface area contributed by atoms with E-state index in [0.717, 1.165) is 12.0 Å². The average Bonchev–Trinajstić information content (AvgIpc) is 2.01. The maximum atomic E-state index is 9.00. The molecular weight excluding hydrogens is 175 g/mol. The van der Waals surface area contributed by atoms with Gasteiger partial charge in [-0.3, -0.25) is 0 Å². The van der Waals surface area contributed by atoms with Crippen LogP contribution in [-0.2, 0) is 6.42 Å². The summed E-state index contributed by atoms with van der Waals surface area (Å²) in [4.78, 5) is 0. The largest absolute Gasteiger partial charge is 0.488 e. The fraction of sp³-hybridized carbons (Fsp3) is 0.455. The topological polar surface area (TPSA) is 40.5 Å². The molecular formula is C11H17BO2. The van der Waals surface area contributed by atoms with Crippen LogP contribution in [0.15, 0.2) is 24.3 Å². The smallest absolute Gasteiger partial charge is 0.423 e. The van der Waals surface area contributed by atoms with E-state index in [1.165, 1.54) is 0 Å². The van der Waals surface area contributed by atoms with Gasteiger partial charge in [-0.25, -0.2) is 0 Å². The Morgan fingerprint density at radius 3 is 2.36 bits per heavy atom. The van der Waals surface area contributed by atoms with E-state index in [1.54, 1.807) is 6.07 Å². The van der Waals surface area contributed by atoms with Crippen LogP contribution in [-0.4, -0.2) is 17.2 Å². The predicted octanol–water partition coefficient (Wildman–Crippen LogP) is 0.955. The van der Waals surface area contributed by atoms with Gasteiger partial charge >= 0.3 is 7.12 Å². The van der Waals surface area contributed by atoms with Crippen LogP contribution in [0.5, 0.6) is 0 Å². The van der Waals surface area contributed by atoms with Crippen LogP contribution >= 0.6 is 0 Å². The Morgan fingerprint density at radius 1 is 1.21 bits per heavy atom. The highest BCUT2D eigenvalue weighted by Gasteiger charge is 2.14. The van der Waals surface area contributed by atoms with Gasteiger partial charge in [-0.15, -0.1) is 0 Å². The minimum Gasteiger partial charge on any atom is -0.423 e. The highest BCUT2D eigenvalue weighted by Crippen LogP contribution is 2.19. The van der Waals surface area contributed by atoms with E-state index in [-0.39, 0.29) is 5.41 Å². The maximum absolute atomic E-state index is 9.00. The van der Waals surface area contributed by atoms with Crippen molar-refractivity contribution in [3.63, 3.8) is 0 Å². The van der Waals surface area contributed by atoms with E-state index in [0.29, 0.717) is 5.46 Å². The second-order valence-corrected chi connectivity index (χ2v) is 4.86. The van der Waals surface area contributed by atoms with Crippen LogP contribution in [0.25, 0.3) is 0 Å². The molecule has 1 rings (SSSR count).